The maximum atomic E-state index is 8.38. The average Bonchev–Trinajstić information content (AvgIpc) is 1.96. The van der Waals surface area contributed by atoms with Gasteiger partial charge >= 0.3 is 21.8 Å². The van der Waals surface area contributed by atoms with Crippen LogP contribution in [0.15, 0.2) is 0 Å². The fourth-order valence-corrected chi connectivity index (χ4v) is 0.802. The predicted molar refractivity (Wildman–Crippen MR) is 27.4 cm³/mol. The molecule has 3 heteroatoms. The molecule has 1 fully saturated rings. The SMILES string of the molecule is C1CCNCC1.[O]=[Zn]. The van der Waals surface area contributed by atoms with Crippen LogP contribution in [0.3, 0.4) is 0 Å². The first-order chi connectivity index (χ1) is 4.00. The molecule has 0 aromatic heterocycles. The zero-order valence-electron chi connectivity index (χ0n) is 5.15. The Bertz CT molecular complexity index is 36.2. The molecule has 1 heterocycles. The summed E-state index contributed by atoms with van der Waals surface area (Å²) in [5.41, 5.74) is 0. The van der Waals surface area contributed by atoms with Crippen molar-refractivity contribution in [2.45, 2.75) is 19.3 Å². The Morgan fingerprint density at radius 2 is 1.50 bits per heavy atom. The van der Waals surface area contributed by atoms with Gasteiger partial charge in [-0.1, -0.05) is 6.42 Å². The Kier molecular flexibility index (Phi) is 7.74. The van der Waals surface area contributed by atoms with Crippen molar-refractivity contribution in [2.24, 2.45) is 0 Å². The molecule has 0 aliphatic carbocycles. The van der Waals surface area contributed by atoms with Crippen LogP contribution in [0.5, 0.6) is 0 Å². The summed E-state index contributed by atoms with van der Waals surface area (Å²) in [5.74, 6) is 0. The summed E-state index contributed by atoms with van der Waals surface area (Å²) < 4.78 is 8.38. The van der Waals surface area contributed by atoms with Gasteiger partial charge in [0, 0.05) is 0 Å². The summed E-state index contributed by atoms with van der Waals surface area (Å²) in [5, 5.41) is 3.28. The van der Waals surface area contributed by atoms with E-state index >= 15 is 0 Å². The molecule has 44 valence electrons. The van der Waals surface area contributed by atoms with E-state index in [1.165, 1.54) is 32.4 Å². The molecule has 0 spiro atoms. The molecule has 1 N–H and O–H groups in total. The summed E-state index contributed by atoms with van der Waals surface area (Å²) in [7, 11) is 0. The van der Waals surface area contributed by atoms with Crippen LogP contribution < -0.4 is 5.32 Å². The molecular formula is C5H11NOZn. The van der Waals surface area contributed by atoms with E-state index in [-0.39, 0.29) is 18.3 Å². The van der Waals surface area contributed by atoms with Gasteiger partial charge in [-0.2, -0.15) is 0 Å². The van der Waals surface area contributed by atoms with Crippen LogP contribution in [-0.2, 0) is 21.8 Å². The van der Waals surface area contributed by atoms with Crippen LogP contribution in [0.1, 0.15) is 19.3 Å². The third-order valence-corrected chi connectivity index (χ3v) is 1.21. The van der Waals surface area contributed by atoms with Crippen LogP contribution in [0.25, 0.3) is 0 Å². The van der Waals surface area contributed by atoms with E-state index < -0.39 is 0 Å². The topological polar surface area (TPSA) is 29.1 Å². The second-order valence-electron chi connectivity index (χ2n) is 1.81. The summed E-state index contributed by atoms with van der Waals surface area (Å²) in [6.07, 6.45) is 4.22. The third kappa shape index (κ3) is 4.54. The maximum absolute atomic E-state index is 8.38. The van der Waals surface area contributed by atoms with Crippen molar-refractivity contribution in [3.05, 3.63) is 0 Å². The molecule has 0 atom stereocenters. The van der Waals surface area contributed by atoms with Crippen LogP contribution in [0.2, 0.25) is 0 Å². The third-order valence-electron chi connectivity index (χ3n) is 1.21. The molecule has 0 aromatic carbocycles. The normalized spacial score (nSPS) is 18.8. The molecular weight excluding hydrogens is 155 g/mol. The summed E-state index contributed by atoms with van der Waals surface area (Å²) >= 11 is 0.125. The standard InChI is InChI=1S/C5H11N.O.Zn/c1-2-4-6-5-3-1;;/h6H,1-5H2;;. The first kappa shape index (κ1) is 8.38. The van der Waals surface area contributed by atoms with Gasteiger partial charge in [0.1, 0.15) is 0 Å². The molecule has 1 saturated heterocycles. The Morgan fingerprint density at radius 1 is 1.00 bits per heavy atom. The summed E-state index contributed by atoms with van der Waals surface area (Å²) in [4.78, 5) is 0. The van der Waals surface area contributed by atoms with Gasteiger partial charge in [0.15, 0.2) is 0 Å². The minimum absolute atomic E-state index is 0.125. The average molecular weight is 167 g/mol. The molecule has 0 amide bonds. The van der Waals surface area contributed by atoms with Crippen molar-refractivity contribution >= 4 is 0 Å². The Hall–Kier alpha value is 0.383. The van der Waals surface area contributed by atoms with Crippen LogP contribution in [0, 0.1) is 0 Å². The van der Waals surface area contributed by atoms with Crippen molar-refractivity contribution in [1.29, 1.82) is 0 Å². The molecule has 2 nitrogen and oxygen atoms in total. The van der Waals surface area contributed by atoms with Gasteiger partial charge in [-0.3, -0.25) is 0 Å². The van der Waals surface area contributed by atoms with Crippen LogP contribution in [-0.4, -0.2) is 13.1 Å². The fraction of sp³-hybridized carbons (Fsp3) is 1.00. The van der Waals surface area contributed by atoms with Crippen molar-refractivity contribution in [2.75, 3.05) is 13.1 Å². The van der Waals surface area contributed by atoms with E-state index in [1.54, 1.807) is 0 Å². The van der Waals surface area contributed by atoms with Gasteiger partial charge in [-0.05, 0) is 25.9 Å². The molecule has 0 radical (unpaired) electrons. The Labute approximate surface area is 60.0 Å². The number of hydrogen-bond acceptors (Lipinski definition) is 2. The van der Waals surface area contributed by atoms with Gasteiger partial charge in [0.25, 0.3) is 0 Å². The van der Waals surface area contributed by atoms with E-state index in [0.29, 0.717) is 0 Å². The molecule has 1 rings (SSSR count). The number of rotatable bonds is 0. The van der Waals surface area contributed by atoms with Crippen LogP contribution >= 0.6 is 0 Å². The van der Waals surface area contributed by atoms with Gasteiger partial charge < -0.3 is 5.32 Å². The first-order valence-corrected chi connectivity index (χ1v) is 4.21. The summed E-state index contributed by atoms with van der Waals surface area (Å²) in [6.45, 7) is 2.50. The first-order valence-electron chi connectivity index (χ1n) is 3.00. The molecule has 0 aromatic rings. The zero-order chi connectivity index (χ0) is 6.24. The van der Waals surface area contributed by atoms with Gasteiger partial charge in [0.2, 0.25) is 0 Å². The summed E-state index contributed by atoms with van der Waals surface area (Å²) in [6, 6.07) is 0. The molecule has 1 aliphatic rings. The van der Waals surface area contributed by atoms with Gasteiger partial charge in [0.05, 0.1) is 0 Å². The van der Waals surface area contributed by atoms with Crippen molar-refractivity contribution in [3.63, 3.8) is 0 Å². The van der Waals surface area contributed by atoms with Crippen molar-refractivity contribution < 1.29 is 21.8 Å². The van der Waals surface area contributed by atoms with Crippen molar-refractivity contribution in [1.82, 2.24) is 5.32 Å². The molecule has 0 bridgehead atoms. The van der Waals surface area contributed by atoms with Gasteiger partial charge in [-0.15, -0.1) is 0 Å². The monoisotopic (exact) mass is 165 g/mol. The van der Waals surface area contributed by atoms with E-state index in [2.05, 4.69) is 5.32 Å². The molecule has 0 unspecified atom stereocenters. The second kappa shape index (κ2) is 7.38. The molecule has 1 aliphatic heterocycles. The zero-order valence-corrected chi connectivity index (χ0v) is 8.12. The van der Waals surface area contributed by atoms with E-state index in [9.17, 15) is 0 Å². The van der Waals surface area contributed by atoms with E-state index in [1.807, 2.05) is 0 Å². The quantitative estimate of drug-likeness (QED) is 0.535. The van der Waals surface area contributed by atoms with Gasteiger partial charge in [-0.25, -0.2) is 0 Å². The Balaban J connectivity index is 0.000000222. The number of nitrogens with one attached hydrogen (secondary N) is 1. The van der Waals surface area contributed by atoms with Crippen LogP contribution in [0.4, 0.5) is 0 Å². The second-order valence-corrected chi connectivity index (χ2v) is 1.81. The van der Waals surface area contributed by atoms with E-state index in [0.717, 1.165) is 0 Å². The van der Waals surface area contributed by atoms with Crippen molar-refractivity contribution in [3.8, 4) is 0 Å². The number of piperidine rings is 1. The molecule has 0 saturated carbocycles. The Morgan fingerprint density at radius 3 is 1.62 bits per heavy atom. The minimum atomic E-state index is 0.125. The predicted octanol–water partition coefficient (Wildman–Crippen LogP) is 0.639. The molecule has 8 heavy (non-hydrogen) atoms. The fourth-order valence-electron chi connectivity index (χ4n) is 0.802. The van der Waals surface area contributed by atoms with E-state index in [4.69, 9.17) is 3.57 Å². The number of hydrogen-bond donors (Lipinski definition) is 1.